The lowest BCUT2D eigenvalue weighted by Gasteiger charge is -2.25. The number of carboxylic acids is 1. The number of hydrogen-bond donors (Lipinski definition) is 2. The molecular formula is C13H23N3O4. The first kappa shape index (κ1) is 16.3. The van der Waals surface area contributed by atoms with Crippen LogP contribution in [0.15, 0.2) is 0 Å². The Morgan fingerprint density at radius 3 is 2.60 bits per heavy atom. The SMILES string of the molecule is CC[C@H](C)[C@H](NC(=O)N1CCCN(C)C(=O)C1)C(=O)O. The number of amides is 3. The number of rotatable bonds is 4. The normalized spacial score (nSPS) is 19.2. The second-order valence-corrected chi connectivity index (χ2v) is 5.24. The third kappa shape index (κ3) is 4.11. The molecule has 0 radical (unpaired) electrons. The van der Waals surface area contributed by atoms with Crippen molar-refractivity contribution in [2.45, 2.75) is 32.7 Å². The first-order valence-electron chi connectivity index (χ1n) is 6.89. The van der Waals surface area contributed by atoms with Crippen LogP contribution in [0.25, 0.3) is 0 Å². The highest BCUT2D eigenvalue weighted by Crippen LogP contribution is 2.09. The quantitative estimate of drug-likeness (QED) is 0.780. The van der Waals surface area contributed by atoms with Crippen LogP contribution in [0, 0.1) is 5.92 Å². The molecule has 0 aromatic heterocycles. The molecular weight excluding hydrogens is 262 g/mol. The Morgan fingerprint density at radius 1 is 1.40 bits per heavy atom. The number of aliphatic carboxylic acids is 1. The number of carboxylic acid groups (broad SMARTS) is 1. The monoisotopic (exact) mass is 285 g/mol. The van der Waals surface area contributed by atoms with Crippen LogP contribution in [0.3, 0.4) is 0 Å². The number of likely N-dealkylation sites (N-methyl/N-ethyl adjacent to an activating group) is 1. The van der Waals surface area contributed by atoms with Gasteiger partial charge in [-0.05, 0) is 12.3 Å². The van der Waals surface area contributed by atoms with Crippen molar-refractivity contribution in [2.24, 2.45) is 5.92 Å². The van der Waals surface area contributed by atoms with Gasteiger partial charge >= 0.3 is 12.0 Å². The molecule has 1 saturated heterocycles. The van der Waals surface area contributed by atoms with Crippen molar-refractivity contribution in [3.8, 4) is 0 Å². The summed E-state index contributed by atoms with van der Waals surface area (Å²) in [4.78, 5) is 38.0. The highest BCUT2D eigenvalue weighted by atomic mass is 16.4. The molecule has 1 rings (SSSR count). The van der Waals surface area contributed by atoms with E-state index in [2.05, 4.69) is 5.32 Å². The van der Waals surface area contributed by atoms with Gasteiger partial charge in [0, 0.05) is 20.1 Å². The molecule has 0 unspecified atom stereocenters. The van der Waals surface area contributed by atoms with Crippen LogP contribution in [-0.4, -0.2) is 65.5 Å². The lowest BCUT2D eigenvalue weighted by Crippen LogP contribution is -2.51. The highest BCUT2D eigenvalue weighted by Gasteiger charge is 2.29. The van der Waals surface area contributed by atoms with E-state index in [9.17, 15) is 14.4 Å². The van der Waals surface area contributed by atoms with Gasteiger partial charge in [0.1, 0.15) is 12.6 Å². The fourth-order valence-corrected chi connectivity index (χ4v) is 2.07. The molecule has 2 N–H and O–H groups in total. The van der Waals surface area contributed by atoms with Gasteiger partial charge in [-0.1, -0.05) is 20.3 Å². The number of nitrogens with one attached hydrogen (secondary N) is 1. The van der Waals surface area contributed by atoms with Crippen molar-refractivity contribution in [3.63, 3.8) is 0 Å². The summed E-state index contributed by atoms with van der Waals surface area (Å²) in [5, 5.41) is 11.7. The first-order chi connectivity index (χ1) is 9.36. The van der Waals surface area contributed by atoms with Gasteiger partial charge in [-0.3, -0.25) is 4.79 Å². The maximum absolute atomic E-state index is 12.1. The standard InChI is InChI=1S/C13H23N3O4/c1-4-9(2)11(12(18)19)14-13(20)16-7-5-6-15(3)10(17)8-16/h9,11H,4-8H2,1-3H3,(H,14,20)(H,18,19)/t9-,11-/m0/s1. The van der Waals surface area contributed by atoms with Crippen molar-refractivity contribution < 1.29 is 19.5 Å². The highest BCUT2D eigenvalue weighted by molar-refractivity contribution is 5.87. The summed E-state index contributed by atoms with van der Waals surface area (Å²) >= 11 is 0. The van der Waals surface area contributed by atoms with Crippen molar-refractivity contribution in [3.05, 3.63) is 0 Å². The predicted octanol–water partition coefficient (Wildman–Crippen LogP) is 0.359. The molecule has 0 aliphatic carbocycles. The summed E-state index contributed by atoms with van der Waals surface area (Å²) in [5.74, 6) is -1.35. The summed E-state index contributed by atoms with van der Waals surface area (Å²) in [6.45, 7) is 4.71. The topological polar surface area (TPSA) is 90.0 Å². The zero-order valence-electron chi connectivity index (χ0n) is 12.3. The second-order valence-electron chi connectivity index (χ2n) is 5.24. The lowest BCUT2D eigenvalue weighted by atomic mass is 9.99. The Bertz CT molecular complexity index is 386. The number of nitrogens with zero attached hydrogens (tertiary/aromatic N) is 2. The van der Waals surface area contributed by atoms with Crippen LogP contribution in [0.4, 0.5) is 4.79 Å². The summed E-state index contributed by atoms with van der Waals surface area (Å²) in [6, 6.07) is -1.41. The van der Waals surface area contributed by atoms with E-state index < -0.39 is 18.0 Å². The van der Waals surface area contributed by atoms with E-state index >= 15 is 0 Å². The van der Waals surface area contributed by atoms with Crippen LogP contribution in [0.1, 0.15) is 26.7 Å². The Balaban J connectivity index is 2.68. The van der Waals surface area contributed by atoms with Gasteiger partial charge in [-0.2, -0.15) is 0 Å². The maximum Gasteiger partial charge on any atom is 0.326 e. The van der Waals surface area contributed by atoms with E-state index in [1.165, 1.54) is 4.90 Å². The van der Waals surface area contributed by atoms with Gasteiger partial charge in [0.25, 0.3) is 0 Å². The minimum Gasteiger partial charge on any atom is -0.480 e. The lowest BCUT2D eigenvalue weighted by molar-refractivity contribution is -0.140. The van der Waals surface area contributed by atoms with E-state index in [0.29, 0.717) is 25.9 Å². The predicted molar refractivity (Wildman–Crippen MR) is 73.2 cm³/mol. The molecule has 1 fully saturated rings. The van der Waals surface area contributed by atoms with Crippen LogP contribution >= 0.6 is 0 Å². The molecule has 0 saturated carbocycles. The first-order valence-corrected chi connectivity index (χ1v) is 6.89. The second kappa shape index (κ2) is 7.12. The number of hydrogen-bond acceptors (Lipinski definition) is 3. The van der Waals surface area contributed by atoms with Gasteiger partial charge in [-0.25, -0.2) is 9.59 Å². The molecule has 0 bridgehead atoms. The third-order valence-corrected chi connectivity index (χ3v) is 3.72. The summed E-state index contributed by atoms with van der Waals surface area (Å²) < 4.78 is 0. The molecule has 1 heterocycles. The molecule has 0 aromatic rings. The van der Waals surface area contributed by atoms with Crippen molar-refractivity contribution in [1.29, 1.82) is 0 Å². The molecule has 114 valence electrons. The zero-order valence-corrected chi connectivity index (χ0v) is 12.3. The molecule has 3 amide bonds. The maximum atomic E-state index is 12.1. The average Bonchev–Trinajstić information content (AvgIpc) is 2.57. The Hall–Kier alpha value is -1.79. The summed E-state index contributed by atoms with van der Waals surface area (Å²) in [7, 11) is 1.70. The minimum atomic E-state index is -1.05. The molecule has 0 aromatic carbocycles. The Kier molecular flexibility index (Phi) is 5.79. The number of carbonyl (C=O) groups is 3. The van der Waals surface area contributed by atoms with Crippen molar-refractivity contribution >= 4 is 17.9 Å². The van der Waals surface area contributed by atoms with E-state index in [0.717, 1.165) is 0 Å². The minimum absolute atomic E-state index is 0.00478. The molecule has 7 nitrogen and oxygen atoms in total. The van der Waals surface area contributed by atoms with Gasteiger partial charge in [-0.15, -0.1) is 0 Å². The van der Waals surface area contributed by atoms with Gasteiger partial charge in [0.05, 0.1) is 0 Å². The summed E-state index contributed by atoms with van der Waals surface area (Å²) in [5.41, 5.74) is 0. The van der Waals surface area contributed by atoms with E-state index in [1.54, 1.807) is 18.9 Å². The largest absolute Gasteiger partial charge is 0.480 e. The Morgan fingerprint density at radius 2 is 2.05 bits per heavy atom. The van der Waals surface area contributed by atoms with E-state index in [1.807, 2.05) is 6.92 Å². The fraction of sp³-hybridized carbons (Fsp3) is 0.769. The van der Waals surface area contributed by atoms with Gasteiger partial charge < -0.3 is 20.2 Å². The average molecular weight is 285 g/mol. The number of urea groups is 1. The van der Waals surface area contributed by atoms with E-state index in [4.69, 9.17) is 5.11 Å². The molecule has 1 aliphatic rings. The fourth-order valence-electron chi connectivity index (χ4n) is 2.07. The zero-order chi connectivity index (χ0) is 15.3. The van der Waals surface area contributed by atoms with Gasteiger partial charge in [0.2, 0.25) is 5.91 Å². The summed E-state index contributed by atoms with van der Waals surface area (Å²) in [6.07, 6.45) is 1.34. The Labute approximate surface area is 118 Å². The van der Waals surface area contributed by atoms with Crippen molar-refractivity contribution in [1.82, 2.24) is 15.1 Å². The van der Waals surface area contributed by atoms with Crippen LogP contribution in [0.5, 0.6) is 0 Å². The van der Waals surface area contributed by atoms with Crippen molar-refractivity contribution in [2.75, 3.05) is 26.7 Å². The molecule has 0 spiro atoms. The third-order valence-electron chi connectivity index (χ3n) is 3.72. The molecule has 7 heteroatoms. The van der Waals surface area contributed by atoms with E-state index in [-0.39, 0.29) is 18.4 Å². The molecule has 1 aliphatic heterocycles. The number of carbonyl (C=O) groups excluding carboxylic acids is 2. The smallest absolute Gasteiger partial charge is 0.326 e. The molecule has 2 atom stereocenters. The van der Waals surface area contributed by atoms with Crippen LogP contribution in [-0.2, 0) is 9.59 Å². The van der Waals surface area contributed by atoms with Crippen LogP contribution in [0.2, 0.25) is 0 Å². The van der Waals surface area contributed by atoms with Gasteiger partial charge in [0.15, 0.2) is 0 Å². The van der Waals surface area contributed by atoms with Crippen LogP contribution < -0.4 is 5.32 Å². The molecule has 20 heavy (non-hydrogen) atoms.